The van der Waals surface area contributed by atoms with Crippen molar-refractivity contribution in [3.05, 3.63) is 69.0 Å². The predicted molar refractivity (Wildman–Crippen MR) is 119 cm³/mol. The number of nitrogens with zero attached hydrogens (tertiary/aromatic N) is 2. The summed E-state index contributed by atoms with van der Waals surface area (Å²) in [6, 6.07) is 11.1. The molecule has 2 aromatic carbocycles. The second kappa shape index (κ2) is 7.86. The molecule has 30 heavy (non-hydrogen) atoms. The summed E-state index contributed by atoms with van der Waals surface area (Å²) in [5.74, 6) is 0.767. The summed E-state index contributed by atoms with van der Waals surface area (Å²) in [5, 5.41) is 3.65. The maximum absolute atomic E-state index is 13.3. The normalized spacial score (nSPS) is 13.3. The molecule has 156 valence electrons. The highest BCUT2D eigenvalue weighted by Crippen LogP contribution is 2.25. The third kappa shape index (κ3) is 3.54. The van der Waals surface area contributed by atoms with E-state index in [9.17, 15) is 9.59 Å². The monoisotopic (exact) mass is 405 g/mol. The first-order valence-corrected chi connectivity index (χ1v) is 10.3. The largest absolute Gasteiger partial charge is 0.494 e. The molecule has 1 N–H and O–H groups in total. The molecule has 0 bridgehead atoms. The van der Waals surface area contributed by atoms with Crippen LogP contribution in [0.3, 0.4) is 0 Å². The lowest BCUT2D eigenvalue weighted by molar-refractivity contribution is 0.205. The van der Waals surface area contributed by atoms with Gasteiger partial charge >= 0.3 is 6.03 Å². The number of nitrogens with one attached hydrogen (secondary N) is 1. The Hall–Kier alpha value is -3.28. The number of hydrogen-bond donors (Lipinski definition) is 1. The van der Waals surface area contributed by atoms with Gasteiger partial charge in [-0.15, -0.1) is 0 Å². The van der Waals surface area contributed by atoms with Gasteiger partial charge in [0.2, 0.25) is 0 Å². The van der Waals surface area contributed by atoms with Gasteiger partial charge in [0.25, 0.3) is 0 Å². The van der Waals surface area contributed by atoms with Crippen molar-refractivity contribution in [2.24, 2.45) is 7.05 Å². The van der Waals surface area contributed by atoms with E-state index in [0.717, 1.165) is 33.5 Å². The molecule has 2 amide bonds. The van der Waals surface area contributed by atoms with E-state index in [1.807, 2.05) is 58.2 Å². The molecule has 0 radical (unpaired) electrons. The molecule has 1 aliphatic heterocycles. The molecule has 0 saturated heterocycles. The van der Waals surface area contributed by atoms with E-state index in [4.69, 9.17) is 4.74 Å². The lowest BCUT2D eigenvalue weighted by atomic mass is 9.98. The Morgan fingerprint density at radius 1 is 1.17 bits per heavy atom. The number of ether oxygens (including phenoxy) is 1. The van der Waals surface area contributed by atoms with Crippen LogP contribution in [-0.2, 0) is 20.0 Å². The minimum absolute atomic E-state index is 0.0310. The Labute approximate surface area is 176 Å². The highest BCUT2D eigenvalue weighted by Gasteiger charge is 2.26. The van der Waals surface area contributed by atoms with Gasteiger partial charge in [-0.2, -0.15) is 0 Å². The summed E-state index contributed by atoms with van der Waals surface area (Å²) in [6.45, 7) is 7.46. The average molecular weight is 405 g/mol. The highest BCUT2D eigenvalue weighted by molar-refractivity contribution is 5.90. The van der Waals surface area contributed by atoms with Gasteiger partial charge in [0.05, 0.1) is 18.7 Å². The zero-order valence-corrected chi connectivity index (χ0v) is 17.9. The van der Waals surface area contributed by atoms with Crippen LogP contribution in [0.15, 0.2) is 41.2 Å². The van der Waals surface area contributed by atoms with E-state index in [0.29, 0.717) is 37.4 Å². The first kappa shape index (κ1) is 20.0. The van der Waals surface area contributed by atoms with Crippen molar-refractivity contribution in [2.45, 2.75) is 33.7 Å². The quantitative estimate of drug-likeness (QED) is 0.712. The smallest absolute Gasteiger partial charge is 0.322 e. The Morgan fingerprint density at radius 2 is 1.90 bits per heavy atom. The second-order valence-electron chi connectivity index (χ2n) is 7.85. The summed E-state index contributed by atoms with van der Waals surface area (Å²) in [5.41, 5.74) is 5.61. The van der Waals surface area contributed by atoms with Crippen LogP contribution in [0.25, 0.3) is 10.9 Å². The van der Waals surface area contributed by atoms with Crippen LogP contribution >= 0.6 is 0 Å². The molecule has 0 saturated carbocycles. The zero-order valence-electron chi connectivity index (χ0n) is 17.9. The first-order chi connectivity index (χ1) is 14.4. The lowest BCUT2D eigenvalue weighted by Gasteiger charge is -2.30. The van der Waals surface area contributed by atoms with Crippen LogP contribution in [0.5, 0.6) is 5.75 Å². The number of aryl methyl sites for hydroxylation is 3. The third-order valence-corrected chi connectivity index (χ3v) is 5.72. The van der Waals surface area contributed by atoms with Crippen LogP contribution < -0.4 is 15.5 Å². The number of carbonyl (C=O) groups excluding carboxylic acids is 1. The molecule has 0 atom stereocenters. The van der Waals surface area contributed by atoms with Gasteiger partial charge in [-0.05, 0) is 62.2 Å². The molecule has 1 aromatic heterocycles. The van der Waals surface area contributed by atoms with Gasteiger partial charge in [0, 0.05) is 42.3 Å². The summed E-state index contributed by atoms with van der Waals surface area (Å²) in [4.78, 5) is 27.8. The van der Waals surface area contributed by atoms with Crippen LogP contribution in [0, 0.1) is 13.8 Å². The molecule has 1 aliphatic rings. The lowest BCUT2D eigenvalue weighted by Crippen LogP contribution is -2.42. The van der Waals surface area contributed by atoms with Crippen molar-refractivity contribution in [1.29, 1.82) is 0 Å². The summed E-state index contributed by atoms with van der Waals surface area (Å²) < 4.78 is 7.56. The number of anilines is 1. The molecule has 0 fully saturated rings. The van der Waals surface area contributed by atoms with E-state index in [1.165, 1.54) is 0 Å². The van der Waals surface area contributed by atoms with E-state index in [1.54, 1.807) is 4.90 Å². The predicted octanol–water partition coefficient (Wildman–Crippen LogP) is 4.14. The number of rotatable bonds is 3. The average Bonchev–Trinajstić information content (AvgIpc) is 2.72. The summed E-state index contributed by atoms with van der Waals surface area (Å²) in [6.07, 6.45) is 0.654. The molecular weight excluding hydrogens is 378 g/mol. The Balaban J connectivity index is 1.61. The molecule has 4 rings (SSSR count). The van der Waals surface area contributed by atoms with E-state index < -0.39 is 0 Å². The van der Waals surface area contributed by atoms with E-state index in [2.05, 4.69) is 16.0 Å². The standard InChI is InChI=1S/C24H27N3O3/c1-5-30-18-8-6-17(7-9-18)25-24(29)27-11-10-21-20(14-27)23(28)19-13-15(2)12-16(3)22(19)26(21)4/h6-9,12-13H,5,10-11,14H2,1-4H3,(H,25,29). The van der Waals surface area contributed by atoms with Crippen molar-refractivity contribution in [3.63, 3.8) is 0 Å². The zero-order chi connectivity index (χ0) is 21.4. The maximum Gasteiger partial charge on any atom is 0.322 e. The van der Waals surface area contributed by atoms with Crippen molar-refractivity contribution < 1.29 is 9.53 Å². The van der Waals surface area contributed by atoms with Gasteiger partial charge in [-0.1, -0.05) is 6.07 Å². The number of benzene rings is 2. The third-order valence-electron chi connectivity index (χ3n) is 5.72. The Kier molecular flexibility index (Phi) is 5.24. The molecule has 6 nitrogen and oxygen atoms in total. The summed E-state index contributed by atoms with van der Waals surface area (Å²) in [7, 11) is 2.01. The fourth-order valence-electron chi connectivity index (χ4n) is 4.38. The van der Waals surface area contributed by atoms with Crippen molar-refractivity contribution in [1.82, 2.24) is 9.47 Å². The molecule has 0 unspecified atom stereocenters. The summed E-state index contributed by atoms with van der Waals surface area (Å²) >= 11 is 0. The Morgan fingerprint density at radius 3 is 2.60 bits per heavy atom. The van der Waals surface area contributed by atoms with Crippen LogP contribution in [0.1, 0.15) is 29.3 Å². The van der Waals surface area contributed by atoms with Crippen molar-refractivity contribution in [3.8, 4) is 5.75 Å². The fourth-order valence-corrected chi connectivity index (χ4v) is 4.38. The van der Waals surface area contributed by atoms with Crippen molar-refractivity contribution in [2.75, 3.05) is 18.5 Å². The van der Waals surface area contributed by atoms with E-state index >= 15 is 0 Å². The second-order valence-corrected chi connectivity index (χ2v) is 7.85. The topological polar surface area (TPSA) is 63.6 Å². The number of aromatic nitrogens is 1. The van der Waals surface area contributed by atoms with Crippen LogP contribution in [-0.4, -0.2) is 28.6 Å². The Bertz CT molecular complexity index is 1180. The maximum atomic E-state index is 13.3. The number of amides is 2. The number of urea groups is 1. The van der Waals surface area contributed by atoms with Gasteiger partial charge < -0.3 is 19.5 Å². The molecular formula is C24H27N3O3. The van der Waals surface area contributed by atoms with Gasteiger partial charge in [-0.3, -0.25) is 4.79 Å². The van der Waals surface area contributed by atoms with Crippen molar-refractivity contribution >= 4 is 22.6 Å². The fraction of sp³-hybridized carbons (Fsp3) is 0.333. The van der Waals surface area contributed by atoms with Gasteiger partial charge in [-0.25, -0.2) is 4.79 Å². The van der Waals surface area contributed by atoms with E-state index in [-0.39, 0.29) is 11.5 Å². The molecule has 2 heterocycles. The number of hydrogen-bond acceptors (Lipinski definition) is 3. The molecule has 0 spiro atoms. The number of pyridine rings is 1. The molecule has 6 heteroatoms. The minimum Gasteiger partial charge on any atom is -0.494 e. The van der Waals surface area contributed by atoms with Crippen LogP contribution in [0.2, 0.25) is 0 Å². The SMILES string of the molecule is CCOc1ccc(NC(=O)N2CCc3c(c(=O)c4cc(C)cc(C)c4n3C)C2)cc1. The number of fused-ring (bicyclic) bond motifs is 2. The first-order valence-electron chi connectivity index (χ1n) is 10.3. The highest BCUT2D eigenvalue weighted by atomic mass is 16.5. The molecule has 0 aliphatic carbocycles. The van der Waals surface area contributed by atoms with Gasteiger partial charge in [0.1, 0.15) is 5.75 Å². The number of carbonyl (C=O) groups is 1. The minimum atomic E-state index is -0.201. The van der Waals surface area contributed by atoms with Gasteiger partial charge in [0.15, 0.2) is 5.43 Å². The molecule has 3 aromatic rings. The van der Waals surface area contributed by atoms with Crippen LogP contribution in [0.4, 0.5) is 10.5 Å².